The van der Waals surface area contributed by atoms with Crippen LogP contribution < -0.4 is 0 Å². The van der Waals surface area contributed by atoms with Crippen molar-refractivity contribution in [2.45, 2.75) is 25.7 Å². The summed E-state index contributed by atoms with van der Waals surface area (Å²) in [6.07, 6.45) is -1.91. The van der Waals surface area contributed by atoms with Gasteiger partial charge in [-0.25, -0.2) is 13.9 Å². The van der Waals surface area contributed by atoms with E-state index in [2.05, 4.69) is 4.98 Å². The summed E-state index contributed by atoms with van der Waals surface area (Å²) in [7, 11) is 0. The fraction of sp³-hybridized carbons (Fsp3) is 0.625. The quantitative estimate of drug-likeness (QED) is 0.541. The van der Waals surface area contributed by atoms with E-state index in [1.54, 1.807) is 0 Å². The van der Waals surface area contributed by atoms with Crippen LogP contribution in [0.15, 0.2) is 6.20 Å². The SMILES string of the molecule is Cc1ncc([N+](=O)[O-])n1CC(O)C(O)CF. The van der Waals surface area contributed by atoms with Gasteiger partial charge in [0.15, 0.2) is 5.82 Å². The Hall–Kier alpha value is -1.54. The minimum atomic E-state index is -1.55. The molecule has 0 saturated carbocycles. The molecule has 0 aliphatic carbocycles. The molecule has 0 radical (unpaired) electrons. The van der Waals surface area contributed by atoms with Crippen LogP contribution in [0.25, 0.3) is 0 Å². The van der Waals surface area contributed by atoms with Crippen molar-refractivity contribution in [3.8, 4) is 0 Å². The van der Waals surface area contributed by atoms with Gasteiger partial charge in [-0.1, -0.05) is 0 Å². The number of hydrogen-bond donors (Lipinski definition) is 2. The van der Waals surface area contributed by atoms with Crippen LogP contribution in [-0.4, -0.2) is 43.6 Å². The smallest absolute Gasteiger partial charge is 0.342 e. The highest BCUT2D eigenvalue weighted by Gasteiger charge is 2.24. The van der Waals surface area contributed by atoms with Crippen LogP contribution in [0, 0.1) is 17.0 Å². The Bertz CT molecular complexity index is 381. The van der Waals surface area contributed by atoms with Crippen LogP contribution in [0.5, 0.6) is 0 Å². The summed E-state index contributed by atoms with van der Waals surface area (Å²) in [4.78, 5) is 13.6. The van der Waals surface area contributed by atoms with E-state index in [9.17, 15) is 19.6 Å². The minimum Gasteiger partial charge on any atom is -0.388 e. The highest BCUT2D eigenvalue weighted by Crippen LogP contribution is 2.15. The van der Waals surface area contributed by atoms with E-state index < -0.39 is 23.8 Å². The Kier molecular flexibility index (Phi) is 3.91. The van der Waals surface area contributed by atoms with E-state index >= 15 is 0 Å². The molecule has 90 valence electrons. The highest BCUT2D eigenvalue weighted by molar-refractivity contribution is 5.18. The maximum atomic E-state index is 12.1. The van der Waals surface area contributed by atoms with Gasteiger partial charge in [-0.3, -0.25) is 0 Å². The number of alkyl halides is 1. The molecule has 0 aliphatic heterocycles. The van der Waals surface area contributed by atoms with Crippen LogP contribution in [0.3, 0.4) is 0 Å². The number of imidazole rings is 1. The number of halogens is 1. The standard InChI is InChI=1S/C8H12FN3O4/c1-5-10-3-8(12(15)16)11(5)4-7(14)6(13)2-9/h3,6-7,13-14H,2,4H2,1H3. The van der Waals surface area contributed by atoms with E-state index in [1.165, 1.54) is 6.92 Å². The van der Waals surface area contributed by atoms with Gasteiger partial charge in [-0.15, -0.1) is 0 Å². The summed E-state index contributed by atoms with van der Waals surface area (Å²) >= 11 is 0. The predicted octanol–water partition coefficient (Wildman–Crippen LogP) is -0.209. The molecule has 0 aliphatic rings. The molecule has 2 unspecified atom stereocenters. The summed E-state index contributed by atoms with van der Waals surface area (Å²) in [5.74, 6) is 0.0133. The lowest BCUT2D eigenvalue weighted by atomic mass is 10.2. The monoisotopic (exact) mass is 233 g/mol. The number of nitro groups is 1. The second-order valence-electron chi connectivity index (χ2n) is 3.32. The summed E-state index contributed by atoms with van der Waals surface area (Å²) in [5.41, 5.74) is 0. The number of aliphatic hydroxyl groups is 2. The van der Waals surface area contributed by atoms with Crippen molar-refractivity contribution in [2.75, 3.05) is 6.67 Å². The van der Waals surface area contributed by atoms with E-state index in [0.29, 0.717) is 5.82 Å². The first-order valence-corrected chi connectivity index (χ1v) is 4.56. The normalized spacial score (nSPS) is 14.8. The molecule has 0 amide bonds. The van der Waals surface area contributed by atoms with Crippen LogP contribution in [-0.2, 0) is 6.54 Å². The van der Waals surface area contributed by atoms with Crippen LogP contribution >= 0.6 is 0 Å². The fourth-order valence-corrected chi connectivity index (χ4v) is 1.24. The molecule has 0 fully saturated rings. The molecule has 8 heteroatoms. The first kappa shape index (κ1) is 12.5. The van der Waals surface area contributed by atoms with Crippen LogP contribution in [0.1, 0.15) is 5.82 Å². The van der Waals surface area contributed by atoms with Crippen molar-refractivity contribution >= 4 is 5.82 Å². The Morgan fingerprint density at radius 3 is 2.75 bits per heavy atom. The number of nitrogens with zero attached hydrogens (tertiary/aromatic N) is 3. The molecule has 2 N–H and O–H groups in total. The molecule has 0 bridgehead atoms. The molecule has 0 spiro atoms. The van der Waals surface area contributed by atoms with Gasteiger partial charge in [-0.2, -0.15) is 0 Å². The molecule has 1 aromatic heterocycles. The second-order valence-corrected chi connectivity index (χ2v) is 3.32. The number of aryl methyl sites for hydroxylation is 1. The van der Waals surface area contributed by atoms with Gasteiger partial charge in [0.2, 0.25) is 0 Å². The molecule has 16 heavy (non-hydrogen) atoms. The maximum absolute atomic E-state index is 12.1. The third kappa shape index (κ3) is 2.52. The average Bonchev–Trinajstić information content (AvgIpc) is 2.59. The van der Waals surface area contributed by atoms with Gasteiger partial charge >= 0.3 is 5.82 Å². The predicted molar refractivity (Wildman–Crippen MR) is 51.6 cm³/mol. The summed E-state index contributed by atoms with van der Waals surface area (Å²) < 4.78 is 13.2. The van der Waals surface area contributed by atoms with Gasteiger partial charge in [0.25, 0.3) is 0 Å². The minimum absolute atomic E-state index is 0.271. The number of hydrogen-bond acceptors (Lipinski definition) is 5. The van der Waals surface area contributed by atoms with E-state index in [0.717, 1.165) is 10.8 Å². The van der Waals surface area contributed by atoms with Gasteiger partial charge in [-0.05, 0) is 4.92 Å². The lowest BCUT2D eigenvalue weighted by Crippen LogP contribution is -2.32. The summed E-state index contributed by atoms with van der Waals surface area (Å²) in [6.45, 7) is 0.136. The number of aromatic nitrogens is 2. The molecule has 0 saturated heterocycles. The van der Waals surface area contributed by atoms with E-state index in [4.69, 9.17) is 5.11 Å². The second kappa shape index (κ2) is 4.99. The van der Waals surface area contributed by atoms with Gasteiger partial charge in [0, 0.05) is 6.92 Å². The first-order valence-electron chi connectivity index (χ1n) is 4.56. The molecule has 0 aromatic carbocycles. The Morgan fingerprint density at radius 2 is 2.25 bits per heavy atom. The van der Waals surface area contributed by atoms with Crippen molar-refractivity contribution in [1.82, 2.24) is 9.55 Å². The Morgan fingerprint density at radius 1 is 1.62 bits per heavy atom. The molecule has 1 rings (SSSR count). The number of aliphatic hydroxyl groups excluding tert-OH is 2. The summed E-state index contributed by atoms with van der Waals surface area (Å²) in [6, 6.07) is 0. The zero-order valence-corrected chi connectivity index (χ0v) is 8.58. The molecule has 2 atom stereocenters. The summed E-state index contributed by atoms with van der Waals surface area (Å²) in [5, 5.41) is 29.0. The Labute approximate surface area is 90.3 Å². The zero-order chi connectivity index (χ0) is 12.3. The average molecular weight is 233 g/mol. The largest absolute Gasteiger partial charge is 0.388 e. The van der Waals surface area contributed by atoms with Crippen LogP contribution in [0.2, 0.25) is 0 Å². The molecular weight excluding hydrogens is 221 g/mol. The van der Waals surface area contributed by atoms with Crippen molar-refractivity contribution in [3.63, 3.8) is 0 Å². The maximum Gasteiger partial charge on any atom is 0.342 e. The third-order valence-corrected chi connectivity index (χ3v) is 2.19. The molecular formula is C8H12FN3O4. The Balaban J connectivity index is 2.87. The topological polar surface area (TPSA) is 101 Å². The lowest BCUT2D eigenvalue weighted by Gasteiger charge is -2.13. The van der Waals surface area contributed by atoms with Gasteiger partial charge < -0.3 is 20.3 Å². The van der Waals surface area contributed by atoms with Crippen LogP contribution in [0.4, 0.5) is 10.2 Å². The van der Waals surface area contributed by atoms with Gasteiger partial charge in [0.1, 0.15) is 31.6 Å². The third-order valence-electron chi connectivity index (χ3n) is 2.19. The fourth-order valence-electron chi connectivity index (χ4n) is 1.24. The number of rotatable bonds is 5. The van der Waals surface area contributed by atoms with Crippen molar-refractivity contribution < 1.29 is 19.5 Å². The van der Waals surface area contributed by atoms with E-state index in [-0.39, 0.29) is 12.4 Å². The lowest BCUT2D eigenvalue weighted by molar-refractivity contribution is -0.392. The van der Waals surface area contributed by atoms with E-state index in [1.807, 2.05) is 0 Å². The van der Waals surface area contributed by atoms with Crippen molar-refractivity contribution in [2.24, 2.45) is 0 Å². The van der Waals surface area contributed by atoms with Crippen molar-refractivity contribution in [3.05, 3.63) is 22.1 Å². The van der Waals surface area contributed by atoms with Gasteiger partial charge in [0.05, 0.1) is 0 Å². The van der Waals surface area contributed by atoms with Crippen molar-refractivity contribution in [1.29, 1.82) is 0 Å². The molecule has 1 heterocycles. The highest BCUT2D eigenvalue weighted by atomic mass is 19.1. The molecule has 7 nitrogen and oxygen atoms in total. The molecule has 1 aromatic rings. The zero-order valence-electron chi connectivity index (χ0n) is 8.58. The first-order chi connectivity index (χ1) is 7.47.